The summed E-state index contributed by atoms with van der Waals surface area (Å²) in [5, 5.41) is 2.76. The summed E-state index contributed by atoms with van der Waals surface area (Å²) in [4.78, 5) is 11.0. The van der Waals surface area contributed by atoms with Gasteiger partial charge in [0.05, 0.1) is 0 Å². The first-order valence-corrected chi connectivity index (χ1v) is 4.74. The van der Waals surface area contributed by atoms with Crippen LogP contribution in [0.15, 0.2) is 24.3 Å². The summed E-state index contributed by atoms with van der Waals surface area (Å²) < 4.78 is 0. The molecule has 0 atom stereocenters. The van der Waals surface area contributed by atoms with E-state index in [1.807, 2.05) is 31.2 Å². The molecule has 0 aliphatic heterocycles. The van der Waals surface area contributed by atoms with Gasteiger partial charge >= 0.3 is 0 Å². The molecule has 2 nitrogen and oxygen atoms in total. The maximum absolute atomic E-state index is 11.0. The van der Waals surface area contributed by atoms with Crippen LogP contribution in [0.1, 0.15) is 18.9 Å². The van der Waals surface area contributed by atoms with Gasteiger partial charge in [0.2, 0.25) is 5.91 Å². The summed E-state index contributed by atoms with van der Waals surface area (Å²) >= 11 is 5.62. The van der Waals surface area contributed by atoms with Crippen molar-refractivity contribution in [2.75, 3.05) is 5.32 Å². The van der Waals surface area contributed by atoms with Crippen LogP contribution >= 0.6 is 11.6 Å². The number of halogens is 1. The average molecular weight is 198 g/mol. The van der Waals surface area contributed by atoms with E-state index < -0.39 is 0 Å². The van der Waals surface area contributed by atoms with Crippen molar-refractivity contribution in [3.63, 3.8) is 0 Å². The minimum absolute atomic E-state index is 0.0265. The van der Waals surface area contributed by atoms with Gasteiger partial charge in [0.15, 0.2) is 0 Å². The predicted molar refractivity (Wildman–Crippen MR) is 54.9 cm³/mol. The lowest BCUT2D eigenvalue weighted by atomic mass is 10.2. The molecule has 0 heterocycles. The summed E-state index contributed by atoms with van der Waals surface area (Å²) in [7, 11) is 0. The van der Waals surface area contributed by atoms with E-state index in [0.29, 0.717) is 12.3 Å². The van der Waals surface area contributed by atoms with Crippen molar-refractivity contribution in [2.24, 2.45) is 0 Å². The summed E-state index contributed by atoms with van der Waals surface area (Å²) in [5.74, 6) is 0.528. The highest BCUT2D eigenvalue weighted by atomic mass is 35.5. The van der Waals surface area contributed by atoms with Crippen LogP contribution in [0.5, 0.6) is 0 Å². The van der Waals surface area contributed by atoms with E-state index in [0.717, 1.165) is 11.3 Å². The minimum Gasteiger partial charge on any atom is -0.326 e. The minimum atomic E-state index is 0.0265. The second-order valence-electron chi connectivity index (χ2n) is 2.73. The van der Waals surface area contributed by atoms with Gasteiger partial charge in [-0.1, -0.05) is 19.1 Å². The summed E-state index contributed by atoms with van der Waals surface area (Å²) in [6.45, 7) is 1.82. The van der Waals surface area contributed by atoms with E-state index in [1.165, 1.54) is 0 Å². The van der Waals surface area contributed by atoms with Crippen LogP contribution in [0.3, 0.4) is 0 Å². The van der Waals surface area contributed by atoms with Crippen LogP contribution < -0.4 is 5.32 Å². The zero-order valence-corrected chi connectivity index (χ0v) is 8.27. The van der Waals surface area contributed by atoms with Gasteiger partial charge in [-0.15, -0.1) is 11.6 Å². The van der Waals surface area contributed by atoms with Gasteiger partial charge in [0.1, 0.15) is 0 Å². The lowest BCUT2D eigenvalue weighted by Gasteiger charge is -2.03. The molecule has 0 spiro atoms. The second kappa shape index (κ2) is 4.87. The molecular formula is C10H12ClNO. The fourth-order valence-electron chi connectivity index (χ4n) is 0.927. The van der Waals surface area contributed by atoms with Gasteiger partial charge < -0.3 is 5.32 Å². The molecule has 0 saturated carbocycles. The van der Waals surface area contributed by atoms with Crippen molar-refractivity contribution < 1.29 is 4.79 Å². The molecule has 0 aliphatic rings. The van der Waals surface area contributed by atoms with Crippen molar-refractivity contribution in [1.82, 2.24) is 0 Å². The Morgan fingerprint density at radius 2 is 2.00 bits per heavy atom. The normalized spacial score (nSPS) is 9.69. The van der Waals surface area contributed by atoms with Crippen LogP contribution in [-0.2, 0) is 10.7 Å². The van der Waals surface area contributed by atoms with E-state index in [9.17, 15) is 4.79 Å². The van der Waals surface area contributed by atoms with Gasteiger partial charge in [-0.2, -0.15) is 0 Å². The van der Waals surface area contributed by atoms with Crippen molar-refractivity contribution in [3.05, 3.63) is 29.8 Å². The maximum Gasteiger partial charge on any atom is 0.224 e. The molecule has 0 saturated heterocycles. The molecule has 0 fully saturated rings. The summed E-state index contributed by atoms with van der Waals surface area (Å²) in [6, 6.07) is 7.51. The van der Waals surface area contributed by atoms with Crippen LogP contribution in [0.2, 0.25) is 0 Å². The summed E-state index contributed by atoms with van der Waals surface area (Å²) in [5.41, 5.74) is 1.87. The maximum atomic E-state index is 11.0. The molecule has 1 rings (SSSR count). The molecule has 1 amide bonds. The van der Waals surface area contributed by atoms with Gasteiger partial charge in [0.25, 0.3) is 0 Å². The third-order valence-electron chi connectivity index (χ3n) is 1.71. The Hall–Kier alpha value is -1.02. The fraction of sp³-hybridized carbons (Fsp3) is 0.300. The third kappa shape index (κ3) is 3.07. The van der Waals surface area contributed by atoms with Crippen molar-refractivity contribution in [3.8, 4) is 0 Å². The molecule has 13 heavy (non-hydrogen) atoms. The molecule has 1 N–H and O–H groups in total. The number of nitrogens with one attached hydrogen (secondary N) is 1. The molecule has 0 aromatic heterocycles. The summed E-state index contributed by atoms with van der Waals surface area (Å²) in [6.07, 6.45) is 0.497. The Bertz CT molecular complexity index is 281. The number of hydrogen-bond donors (Lipinski definition) is 1. The third-order valence-corrected chi connectivity index (χ3v) is 2.02. The van der Waals surface area contributed by atoms with E-state index >= 15 is 0 Å². The van der Waals surface area contributed by atoms with E-state index in [-0.39, 0.29) is 5.91 Å². The van der Waals surface area contributed by atoms with Gasteiger partial charge in [-0.3, -0.25) is 4.79 Å². The van der Waals surface area contributed by atoms with Crippen molar-refractivity contribution in [1.29, 1.82) is 0 Å². The molecule has 0 bridgehead atoms. The number of carbonyl (C=O) groups excluding carboxylic acids is 1. The van der Waals surface area contributed by atoms with Gasteiger partial charge in [0, 0.05) is 18.0 Å². The standard InChI is InChI=1S/C10H12ClNO/c1-2-10(13)12-9-5-3-8(7-11)4-6-9/h3-6H,2,7H2,1H3,(H,12,13). The Morgan fingerprint density at radius 1 is 1.38 bits per heavy atom. The zero-order chi connectivity index (χ0) is 9.68. The molecular weight excluding hydrogens is 186 g/mol. The highest BCUT2D eigenvalue weighted by Gasteiger charge is 1.97. The molecule has 70 valence electrons. The number of alkyl halides is 1. The fourth-order valence-corrected chi connectivity index (χ4v) is 1.10. The molecule has 0 unspecified atom stereocenters. The quantitative estimate of drug-likeness (QED) is 0.742. The number of anilines is 1. The van der Waals surface area contributed by atoms with Crippen molar-refractivity contribution >= 4 is 23.2 Å². The highest BCUT2D eigenvalue weighted by molar-refractivity contribution is 6.17. The highest BCUT2D eigenvalue weighted by Crippen LogP contribution is 2.11. The lowest BCUT2D eigenvalue weighted by Crippen LogP contribution is -2.09. The number of amides is 1. The first-order chi connectivity index (χ1) is 6.26. The smallest absolute Gasteiger partial charge is 0.224 e. The van der Waals surface area contributed by atoms with E-state index in [2.05, 4.69) is 5.32 Å². The molecule has 3 heteroatoms. The second-order valence-corrected chi connectivity index (χ2v) is 3.00. The number of benzene rings is 1. The Morgan fingerprint density at radius 3 is 2.46 bits per heavy atom. The monoisotopic (exact) mass is 197 g/mol. The average Bonchev–Trinajstić information content (AvgIpc) is 2.19. The zero-order valence-electron chi connectivity index (χ0n) is 7.51. The van der Waals surface area contributed by atoms with E-state index in [1.54, 1.807) is 0 Å². The van der Waals surface area contributed by atoms with Gasteiger partial charge in [-0.05, 0) is 17.7 Å². The van der Waals surface area contributed by atoms with Crippen molar-refractivity contribution in [2.45, 2.75) is 19.2 Å². The first kappa shape index (κ1) is 10.1. The number of carbonyl (C=O) groups is 1. The van der Waals surface area contributed by atoms with Crippen LogP contribution in [0.4, 0.5) is 5.69 Å². The Labute approximate surface area is 82.9 Å². The predicted octanol–water partition coefficient (Wildman–Crippen LogP) is 2.77. The SMILES string of the molecule is CCC(=O)Nc1ccc(CCl)cc1. The number of hydrogen-bond acceptors (Lipinski definition) is 1. The topological polar surface area (TPSA) is 29.1 Å². The van der Waals surface area contributed by atoms with Crippen LogP contribution in [0.25, 0.3) is 0 Å². The Kier molecular flexibility index (Phi) is 3.77. The first-order valence-electron chi connectivity index (χ1n) is 4.21. The van der Waals surface area contributed by atoms with Gasteiger partial charge in [-0.25, -0.2) is 0 Å². The largest absolute Gasteiger partial charge is 0.326 e. The van der Waals surface area contributed by atoms with E-state index in [4.69, 9.17) is 11.6 Å². The molecule has 0 aliphatic carbocycles. The lowest BCUT2D eigenvalue weighted by molar-refractivity contribution is -0.115. The molecule has 1 aromatic carbocycles. The van der Waals surface area contributed by atoms with Crippen LogP contribution in [0, 0.1) is 0 Å². The van der Waals surface area contributed by atoms with Crippen LogP contribution in [-0.4, -0.2) is 5.91 Å². The number of rotatable bonds is 3. The Balaban J connectivity index is 2.64. The molecule has 0 radical (unpaired) electrons. The molecule has 1 aromatic rings.